The molecule has 4 aromatic rings. The largest absolute Gasteiger partial charge is 0.326 e. The molecule has 0 aliphatic rings. The van der Waals surface area contributed by atoms with Crippen LogP contribution in [0.4, 0.5) is 10.8 Å². The van der Waals surface area contributed by atoms with Crippen LogP contribution < -0.4 is 10.6 Å². The predicted octanol–water partition coefficient (Wildman–Crippen LogP) is 6.42. The van der Waals surface area contributed by atoms with Crippen LogP contribution in [0.5, 0.6) is 0 Å². The van der Waals surface area contributed by atoms with Crippen LogP contribution in [-0.4, -0.2) is 22.0 Å². The monoisotopic (exact) mass is 487 g/mol. The highest BCUT2D eigenvalue weighted by molar-refractivity contribution is 8.00. The first-order valence-corrected chi connectivity index (χ1v) is 12.6. The lowest BCUT2D eigenvalue weighted by atomic mass is 10.1. The molecule has 172 valence electrons. The van der Waals surface area contributed by atoms with Gasteiger partial charge < -0.3 is 10.6 Å². The van der Waals surface area contributed by atoms with E-state index in [4.69, 9.17) is 0 Å². The van der Waals surface area contributed by atoms with Gasteiger partial charge in [0, 0.05) is 21.0 Å². The van der Waals surface area contributed by atoms with Gasteiger partial charge in [-0.1, -0.05) is 66.7 Å². The quantitative estimate of drug-likeness (QED) is 0.281. The van der Waals surface area contributed by atoms with E-state index in [1.165, 1.54) is 23.1 Å². The SMILES string of the molecule is Cc1sc(NC(=O)C(C)Sc2cccc(NC(=O)Cc3ccccc3)c2)nc1-c1ccccc1. The number of thiazole rings is 1. The molecule has 4 rings (SSSR count). The van der Waals surface area contributed by atoms with Crippen molar-refractivity contribution in [2.24, 2.45) is 0 Å². The molecule has 3 aromatic carbocycles. The van der Waals surface area contributed by atoms with E-state index in [1.807, 2.05) is 98.8 Å². The van der Waals surface area contributed by atoms with Gasteiger partial charge in [0.1, 0.15) is 0 Å². The first kappa shape index (κ1) is 23.7. The first-order chi connectivity index (χ1) is 16.5. The fourth-order valence-electron chi connectivity index (χ4n) is 3.41. The van der Waals surface area contributed by atoms with E-state index in [0.29, 0.717) is 17.2 Å². The first-order valence-electron chi connectivity index (χ1n) is 10.9. The van der Waals surface area contributed by atoms with E-state index in [1.54, 1.807) is 0 Å². The highest BCUT2D eigenvalue weighted by Crippen LogP contribution is 2.31. The second kappa shape index (κ2) is 11.1. The summed E-state index contributed by atoms with van der Waals surface area (Å²) in [6.07, 6.45) is 0.315. The second-order valence-electron chi connectivity index (χ2n) is 7.78. The molecule has 0 aliphatic carbocycles. The molecule has 5 nitrogen and oxygen atoms in total. The molecule has 0 spiro atoms. The van der Waals surface area contributed by atoms with Crippen LogP contribution in [0.1, 0.15) is 17.4 Å². The van der Waals surface area contributed by atoms with Gasteiger partial charge in [-0.25, -0.2) is 4.98 Å². The van der Waals surface area contributed by atoms with Crippen LogP contribution in [0.3, 0.4) is 0 Å². The zero-order valence-electron chi connectivity index (χ0n) is 18.9. The number of hydrogen-bond acceptors (Lipinski definition) is 5. The van der Waals surface area contributed by atoms with Crippen molar-refractivity contribution in [1.82, 2.24) is 4.98 Å². The van der Waals surface area contributed by atoms with Gasteiger partial charge in [0.05, 0.1) is 17.4 Å². The Morgan fingerprint density at radius 2 is 1.65 bits per heavy atom. The van der Waals surface area contributed by atoms with Crippen molar-refractivity contribution in [3.8, 4) is 11.3 Å². The molecule has 1 atom stereocenters. The third-order valence-electron chi connectivity index (χ3n) is 5.08. The smallest absolute Gasteiger partial charge is 0.239 e. The van der Waals surface area contributed by atoms with Crippen molar-refractivity contribution < 1.29 is 9.59 Å². The van der Waals surface area contributed by atoms with Gasteiger partial charge in [0.15, 0.2) is 5.13 Å². The number of rotatable bonds is 8. The number of thioether (sulfide) groups is 1. The zero-order chi connectivity index (χ0) is 23.9. The number of hydrogen-bond donors (Lipinski definition) is 2. The lowest BCUT2D eigenvalue weighted by Crippen LogP contribution is -2.22. The average Bonchev–Trinajstić information content (AvgIpc) is 3.20. The Morgan fingerprint density at radius 3 is 2.38 bits per heavy atom. The molecule has 1 aromatic heterocycles. The molecule has 1 heterocycles. The van der Waals surface area contributed by atoms with Crippen LogP contribution in [0.25, 0.3) is 11.3 Å². The van der Waals surface area contributed by atoms with Crippen molar-refractivity contribution in [2.45, 2.75) is 30.4 Å². The fourth-order valence-corrected chi connectivity index (χ4v) is 5.18. The molecule has 1 unspecified atom stereocenters. The number of carbonyl (C=O) groups is 2. The molecule has 0 bridgehead atoms. The molecule has 0 aliphatic heterocycles. The maximum atomic E-state index is 12.8. The lowest BCUT2D eigenvalue weighted by Gasteiger charge is -2.12. The molecule has 0 fully saturated rings. The number of anilines is 2. The summed E-state index contributed by atoms with van der Waals surface area (Å²) in [4.78, 5) is 31.8. The highest BCUT2D eigenvalue weighted by atomic mass is 32.2. The van der Waals surface area contributed by atoms with Gasteiger partial charge in [0.25, 0.3) is 0 Å². The van der Waals surface area contributed by atoms with E-state index < -0.39 is 0 Å². The predicted molar refractivity (Wildman–Crippen MR) is 141 cm³/mol. The molecule has 2 N–H and O–H groups in total. The third-order valence-corrected chi connectivity index (χ3v) is 7.06. The van der Waals surface area contributed by atoms with Crippen LogP contribution in [0, 0.1) is 6.92 Å². The van der Waals surface area contributed by atoms with Crippen molar-refractivity contribution in [2.75, 3.05) is 10.6 Å². The van der Waals surface area contributed by atoms with Crippen molar-refractivity contribution in [3.05, 3.63) is 95.4 Å². The van der Waals surface area contributed by atoms with E-state index in [0.717, 1.165) is 26.6 Å². The average molecular weight is 488 g/mol. The Bertz CT molecular complexity index is 1270. The number of nitrogens with zero attached hydrogens (tertiary/aromatic N) is 1. The standard InChI is InChI=1S/C27H25N3O2S2/c1-18-25(21-12-7-4-8-13-21)29-27(34-18)30-26(32)19(2)33-23-15-9-14-22(17-23)28-24(31)16-20-10-5-3-6-11-20/h3-15,17,19H,16H2,1-2H3,(H,28,31)(H,29,30,32). The summed E-state index contributed by atoms with van der Waals surface area (Å²) in [7, 11) is 0. The number of amides is 2. The Hall–Kier alpha value is -3.42. The van der Waals surface area contributed by atoms with Gasteiger partial charge in [0.2, 0.25) is 11.8 Å². The van der Waals surface area contributed by atoms with Crippen molar-refractivity contribution in [3.63, 3.8) is 0 Å². The highest BCUT2D eigenvalue weighted by Gasteiger charge is 2.18. The summed E-state index contributed by atoms with van der Waals surface area (Å²) >= 11 is 2.91. The van der Waals surface area contributed by atoms with Crippen LogP contribution >= 0.6 is 23.1 Å². The number of carbonyl (C=O) groups excluding carboxylic acids is 2. The molecular weight excluding hydrogens is 462 g/mol. The summed E-state index contributed by atoms with van der Waals surface area (Å²) in [5.41, 5.74) is 3.59. The van der Waals surface area contributed by atoms with Crippen molar-refractivity contribution >= 4 is 45.7 Å². The number of benzene rings is 3. The molecular formula is C27H25N3O2S2. The van der Waals surface area contributed by atoms with Crippen LogP contribution in [-0.2, 0) is 16.0 Å². The number of aromatic nitrogens is 1. The fraction of sp³-hybridized carbons (Fsp3) is 0.148. The molecule has 7 heteroatoms. The van der Waals surface area contributed by atoms with Gasteiger partial charge in [-0.15, -0.1) is 23.1 Å². The molecule has 0 saturated carbocycles. The van der Waals surface area contributed by atoms with Gasteiger partial charge in [-0.2, -0.15) is 0 Å². The Labute approximate surface area is 207 Å². The third kappa shape index (κ3) is 6.34. The Morgan fingerprint density at radius 1 is 0.941 bits per heavy atom. The van der Waals surface area contributed by atoms with Crippen LogP contribution in [0.15, 0.2) is 89.8 Å². The second-order valence-corrected chi connectivity index (χ2v) is 10.4. The topological polar surface area (TPSA) is 71.1 Å². The minimum Gasteiger partial charge on any atom is -0.326 e. The normalized spacial score (nSPS) is 11.6. The minimum atomic E-state index is -0.334. The summed E-state index contributed by atoms with van der Waals surface area (Å²) in [6.45, 7) is 3.87. The summed E-state index contributed by atoms with van der Waals surface area (Å²) < 4.78 is 0. The Balaban J connectivity index is 1.35. The van der Waals surface area contributed by atoms with Gasteiger partial charge >= 0.3 is 0 Å². The van der Waals surface area contributed by atoms with E-state index in [9.17, 15) is 9.59 Å². The number of nitrogens with one attached hydrogen (secondary N) is 2. The van der Waals surface area contributed by atoms with E-state index in [2.05, 4.69) is 15.6 Å². The van der Waals surface area contributed by atoms with E-state index in [-0.39, 0.29) is 17.1 Å². The van der Waals surface area contributed by atoms with Crippen molar-refractivity contribution in [1.29, 1.82) is 0 Å². The maximum Gasteiger partial charge on any atom is 0.239 e. The summed E-state index contributed by atoms with van der Waals surface area (Å²) in [6, 6.07) is 27.1. The number of aryl methyl sites for hydroxylation is 1. The Kier molecular flexibility index (Phi) is 7.77. The minimum absolute atomic E-state index is 0.0764. The van der Waals surface area contributed by atoms with Gasteiger partial charge in [-0.05, 0) is 37.6 Å². The maximum absolute atomic E-state index is 12.8. The zero-order valence-corrected chi connectivity index (χ0v) is 20.6. The van der Waals surface area contributed by atoms with E-state index >= 15 is 0 Å². The summed E-state index contributed by atoms with van der Waals surface area (Å²) in [5.74, 6) is -0.190. The summed E-state index contributed by atoms with van der Waals surface area (Å²) in [5, 5.41) is 6.14. The molecule has 0 saturated heterocycles. The van der Waals surface area contributed by atoms with Crippen LogP contribution in [0.2, 0.25) is 0 Å². The van der Waals surface area contributed by atoms with Gasteiger partial charge in [-0.3, -0.25) is 9.59 Å². The molecule has 34 heavy (non-hydrogen) atoms. The molecule has 0 radical (unpaired) electrons. The lowest BCUT2D eigenvalue weighted by molar-refractivity contribution is -0.116. The molecule has 2 amide bonds.